The highest BCUT2D eigenvalue weighted by Gasteiger charge is 2.20. The fraction of sp³-hybridized carbons (Fsp3) is 0.667. The first-order valence-corrected chi connectivity index (χ1v) is 4.93. The van der Waals surface area contributed by atoms with E-state index in [-0.39, 0.29) is 6.10 Å². The molecule has 0 aliphatic carbocycles. The van der Waals surface area contributed by atoms with Crippen LogP contribution < -0.4 is 0 Å². The molecule has 78 valence electrons. The molecule has 2 heterocycles. The fourth-order valence-electron chi connectivity index (χ4n) is 1.35. The number of halogens is 1. The topological polar surface area (TPSA) is 36.3 Å². The first-order valence-electron chi connectivity index (χ1n) is 4.56. The Balaban J connectivity index is 2.00. The Morgan fingerprint density at radius 1 is 1.64 bits per heavy atom. The molecule has 0 atom stereocenters. The van der Waals surface area contributed by atoms with Crippen LogP contribution in [0.1, 0.15) is 11.3 Å². The number of hydrogen-bond donors (Lipinski definition) is 0. The van der Waals surface area contributed by atoms with Crippen LogP contribution >= 0.6 is 11.6 Å². The highest BCUT2D eigenvalue weighted by Crippen LogP contribution is 2.20. The molecule has 0 unspecified atom stereocenters. The normalized spacial score (nSPS) is 17.1. The second kappa shape index (κ2) is 3.88. The molecule has 0 saturated carbocycles. The van der Waals surface area contributed by atoms with Crippen LogP contribution in [0.3, 0.4) is 0 Å². The van der Waals surface area contributed by atoms with Gasteiger partial charge in [0.15, 0.2) is 0 Å². The Kier molecular flexibility index (Phi) is 2.76. The summed E-state index contributed by atoms with van der Waals surface area (Å²) >= 11 is 6.05. The van der Waals surface area contributed by atoms with E-state index in [4.69, 9.17) is 21.1 Å². The third-order valence-corrected chi connectivity index (χ3v) is 2.81. The van der Waals surface area contributed by atoms with Gasteiger partial charge in [-0.15, -0.1) is 0 Å². The Labute approximate surface area is 87.8 Å². The van der Waals surface area contributed by atoms with Crippen molar-refractivity contribution in [3.05, 3.63) is 16.4 Å². The number of rotatable bonds is 3. The summed E-state index contributed by atoms with van der Waals surface area (Å²) < 4.78 is 12.2. The van der Waals surface area contributed by atoms with E-state index in [0.717, 1.165) is 11.3 Å². The van der Waals surface area contributed by atoms with E-state index in [0.29, 0.717) is 25.0 Å². The minimum Gasteiger partial charge on any atom is -0.376 e. The van der Waals surface area contributed by atoms with Crippen LogP contribution in [0.4, 0.5) is 0 Å². The molecule has 0 amide bonds. The zero-order valence-corrected chi connectivity index (χ0v) is 9.04. The summed E-state index contributed by atoms with van der Waals surface area (Å²) in [5.74, 6) is 0. The SMILES string of the molecule is Cc1nn(C)c(Cl)c1COC1COC1. The molecule has 0 radical (unpaired) electrons. The van der Waals surface area contributed by atoms with Crippen molar-refractivity contribution in [2.75, 3.05) is 13.2 Å². The quantitative estimate of drug-likeness (QED) is 0.764. The predicted octanol–water partition coefficient (Wildman–Crippen LogP) is 1.30. The molecule has 1 saturated heterocycles. The van der Waals surface area contributed by atoms with E-state index in [1.807, 2.05) is 14.0 Å². The van der Waals surface area contributed by atoms with Gasteiger partial charge in [0.2, 0.25) is 0 Å². The molecule has 2 rings (SSSR count). The molecule has 4 nitrogen and oxygen atoms in total. The molecule has 1 aromatic rings. The Morgan fingerprint density at radius 2 is 2.36 bits per heavy atom. The Bertz CT molecular complexity index is 334. The minimum absolute atomic E-state index is 0.227. The lowest BCUT2D eigenvalue weighted by atomic mass is 10.2. The summed E-state index contributed by atoms with van der Waals surface area (Å²) in [5.41, 5.74) is 1.90. The van der Waals surface area contributed by atoms with Crippen LogP contribution in [0.15, 0.2) is 0 Å². The van der Waals surface area contributed by atoms with E-state index >= 15 is 0 Å². The van der Waals surface area contributed by atoms with E-state index in [9.17, 15) is 0 Å². The monoisotopic (exact) mass is 216 g/mol. The molecule has 1 aromatic heterocycles. The van der Waals surface area contributed by atoms with E-state index in [2.05, 4.69) is 5.10 Å². The van der Waals surface area contributed by atoms with Crippen molar-refractivity contribution < 1.29 is 9.47 Å². The van der Waals surface area contributed by atoms with Gasteiger partial charge in [0, 0.05) is 12.6 Å². The van der Waals surface area contributed by atoms with Crippen LogP contribution in [0.25, 0.3) is 0 Å². The van der Waals surface area contributed by atoms with Gasteiger partial charge in [0.1, 0.15) is 11.3 Å². The summed E-state index contributed by atoms with van der Waals surface area (Å²) in [7, 11) is 1.82. The number of aromatic nitrogens is 2. The first kappa shape index (κ1) is 9.96. The van der Waals surface area contributed by atoms with E-state index < -0.39 is 0 Å². The van der Waals surface area contributed by atoms with Crippen LogP contribution in [0, 0.1) is 6.92 Å². The van der Waals surface area contributed by atoms with Crippen molar-refractivity contribution in [2.45, 2.75) is 19.6 Å². The zero-order valence-electron chi connectivity index (χ0n) is 8.29. The van der Waals surface area contributed by atoms with E-state index in [1.54, 1.807) is 4.68 Å². The van der Waals surface area contributed by atoms with Crippen molar-refractivity contribution in [2.24, 2.45) is 7.05 Å². The van der Waals surface area contributed by atoms with Gasteiger partial charge in [0.05, 0.1) is 25.5 Å². The molecule has 1 fully saturated rings. The molecule has 0 N–H and O–H groups in total. The summed E-state index contributed by atoms with van der Waals surface area (Å²) in [6, 6.07) is 0. The minimum atomic E-state index is 0.227. The predicted molar refractivity (Wildman–Crippen MR) is 52.4 cm³/mol. The van der Waals surface area contributed by atoms with E-state index in [1.165, 1.54) is 0 Å². The molecular weight excluding hydrogens is 204 g/mol. The zero-order chi connectivity index (χ0) is 10.1. The summed E-state index contributed by atoms with van der Waals surface area (Å²) in [5, 5.41) is 4.86. The third-order valence-electron chi connectivity index (χ3n) is 2.34. The lowest BCUT2D eigenvalue weighted by Crippen LogP contribution is -2.35. The molecule has 0 aromatic carbocycles. The second-order valence-corrected chi connectivity index (χ2v) is 3.81. The van der Waals surface area contributed by atoms with Gasteiger partial charge in [-0.2, -0.15) is 5.10 Å². The lowest BCUT2D eigenvalue weighted by Gasteiger charge is -2.25. The molecular formula is C9H13ClN2O2. The lowest BCUT2D eigenvalue weighted by molar-refractivity contribution is -0.135. The van der Waals surface area contributed by atoms with Gasteiger partial charge >= 0.3 is 0 Å². The third kappa shape index (κ3) is 1.78. The highest BCUT2D eigenvalue weighted by molar-refractivity contribution is 6.30. The van der Waals surface area contributed by atoms with Gasteiger partial charge in [-0.3, -0.25) is 4.68 Å². The Hall–Kier alpha value is -0.580. The number of ether oxygens (including phenoxy) is 2. The molecule has 14 heavy (non-hydrogen) atoms. The van der Waals surface area contributed by atoms with Crippen molar-refractivity contribution >= 4 is 11.6 Å². The van der Waals surface area contributed by atoms with Crippen molar-refractivity contribution in [1.82, 2.24) is 9.78 Å². The first-order chi connectivity index (χ1) is 6.68. The standard InChI is InChI=1S/C9H13ClN2O2/c1-6-8(9(10)12(2)11-6)5-14-7-3-13-4-7/h7H,3-5H2,1-2H3. The Morgan fingerprint density at radius 3 is 2.79 bits per heavy atom. The maximum absolute atomic E-state index is 6.05. The van der Waals surface area contributed by atoms with Crippen LogP contribution in [-0.4, -0.2) is 29.1 Å². The van der Waals surface area contributed by atoms with Gasteiger partial charge in [-0.05, 0) is 6.92 Å². The van der Waals surface area contributed by atoms with Crippen molar-refractivity contribution in [3.8, 4) is 0 Å². The number of aryl methyl sites for hydroxylation is 2. The van der Waals surface area contributed by atoms with Crippen LogP contribution in [0.2, 0.25) is 5.15 Å². The smallest absolute Gasteiger partial charge is 0.132 e. The van der Waals surface area contributed by atoms with Crippen LogP contribution in [-0.2, 0) is 23.1 Å². The van der Waals surface area contributed by atoms with Crippen molar-refractivity contribution in [1.29, 1.82) is 0 Å². The van der Waals surface area contributed by atoms with Crippen molar-refractivity contribution in [3.63, 3.8) is 0 Å². The maximum Gasteiger partial charge on any atom is 0.132 e. The number of nitrogens with zero attached hydrogens (tertiary/aromatic N) is 2. The average Bonchev–Trinajstić information content (AvgIpc) is 2.28. The van der Waals surface area contributed by atoms with Gasteiger partial charge < -0.3 is 9.47 Å². The molecule has 1 aliphatic heterocycles. The summed E-state index contributed by atoms with van der Waals surface area (Å²) in [6.45, 7) is 3.84. The fourth-order valence-corrected chi connectivity index (χ4v) is 1.58. The molecule has 0 bridgehead atoms. The highest BCUT2D eigenvalue weighted by atomic mass is 35.5. The van der Waals surface area contributed by atoms with Gasteiger partial charge in [0.25, 0.3) is 0 Å². The molecule has 5 heteroatoms. The summed E-state index contributed by atoms with van der Waals surface area (Å²) in [6.07, 6.45) is 0.227. The largest absolute Gasteiger partial charge is 0.376 e. The summed E-state index contributed by atoms with van der Waals surface area (Å²) in [4.78, 5) is 0. The average molecular weight is 217 g/mol. The van der Waals surface area contributed by atoms with Gasteiger partial charge in [-0.25, -0.2) is 0 Å². The molecule has 0 spiro atoms. The van der Waals surface area contributed by atoms with Gasteiger partial charge in [-0.1, -0.05) is 11.6 Å². The maximum atomic E-state index is 6.05. The van der Waals surface area contributed by atoms with Crippen LogP contribution in [0.5, 0.6) is 0 Å². The second-order valence-electron chi connectivity index (χ2n) is 3.45. The molecule has 1 aliphatic rings. The number of hydrogen-bond acceptors (Lipinski definition) is 3.